The van der Waals surface area contributed by atoms with E-state index in [0.717, 1.165) is 0 Å². The van der Waals surface area contributed by atoms with Crippen LogP contribution >= 0.6 is 0 Å². The molecule has 0 aromatic heterocycles. The Morgan fingerprint density at radius 1 is 1.22 bits per heavy atom. The van der Waals surface area contributed by atoms with Gasteiger partial charge >= 0.3 is 16.8 Å². The zero-order valence-corrected chi connectivity index (χ0v) is 6.35. The van der Waals surface area contributed by atoms with Crippen molar-refractivity contribution in [2.24, 2.45) is 5.92 Å². The second kappa shape index (κ2) is 5.79. The van der Waals surface area contributed by atoms with Gasteiger partial charge in [-0.25, -0.2) is 0 Å². The van der Waals surface area contributed by atoms with Gasteiger partial charge in [-0.05, 0) is 0 Å². The van der Waals surface area contributed by atoms with E-state index in [-0.39, 0.29) is 30.1 Å². The second-order valence-corrected chi connectivity index (χ2v) is 1.41. The van der Waals surface area contributed by atoms with E-state index in [1.54, 1.807) is 12.2 Å². The molecule has 0 spiro atoms. The third-order valence-corrected chi connectivity index (χ3v) is 0.884. The van der Waals surface area contributed by atoms with Gasteiger partial charge in [0.2, 0.25) is 0 Å². The monoisotopic (exact) mass is 169 g/mol. The summed E-state index contributed by atoms with van der Waals surface area (Å²) in [6, 6.07) is 0. The van der Waals surface area contributed by atoms with Gasteiger partial charge < -0.3 is 12.2 Å². The molecule has 55 valence electrons. The molecule has 0 heterocycles. The maximum atomic E-state index is 9.78. The van der Waals surface area contributed by atoms with Gasteiger partial charge in [-0.1, -0.05) is 12.2 Å². The molecule has 1 nitrogen and oxygen atoms in total. The predicted octanol–water partition coefficient (Wildman–Crippen LogP) is 0.751. The van der Waals surface area contributed by atoms with Crippen molar-refractivity contribution < 1.29 is 21.6 Å². The van der Waals surface area contributed by atoms with Gasteiger partial charge in [-0.15, -0.1) is 18.1 Å². The molecule has 0 fully saturated rings. The van der Waals surface area contributed by atoms with Crippen LogP contribution in [0.4, 0.5) is 0 Å². The first-order valence-electron chi connectivity index (χ1n) is 2.16. The van der Waals surface area contributed by atoms with Gasteiger partial charge in [0.15, 0.2) is 0 Å². The van der Waals surface area contributed by atoms with E-state index in [1.165, 1.54) is 0 Å². The van der Waals surface area contributed by atoms with Crippen LogP contribution in [0.5, 0.6) is 0 Å². The second-order valence-electron chi connectivity index (χ2n) is 1.41. The van der Waals surface area contributed by atoms with Gasteiger partial charge in [-0.2, -0.15) is 0 Å². The summed E-state index contributed by atoms with van der Waals surface area (Å²) in [5.41, 5.74) is 0. The summed E-state index contributed by atoms with van der Waals surface area (Å²) >= 11 is 0. The molecule has 0 aliphatic heterocycles. The summed E-state index contributed by atoms with van der Waals surface area (Å²) in [7, 11) is 0. The number of hydrogen-bond donors (Lipinski definition) is 0. The molecule has 0 aromatic carbocycles. The zero-order chi connectivity index (χ0) is 5.11. The Morgan fingerprint density at radius 3 is 1.89 bits per heavy atom. The van der Waals surface area contributed by atoms with Crippen molar-refractivity contribution in [3.05, 3.63) is 31.7 Å². The Morgan fingerprint density at radius 2 is 1.67 bits per heavy atom. The summed E-state index contributed by atoms with van der Waals surface area (Å²) < 4.78 is 0. The van der Waals surface area contributed by atoms with E-state index < -0.39 is 0 Å². The van der Waals surface area contributed by atoms with Crippen molar-refractivity contribution in [1.82, 2.24) is 0 Å². The molecule has 9 heavy (non-hydrogen) atoms. The standard InChI is InChI=1S/C6H5O.CH3.Co.2H/c7-5-6-3-1-2-4-6;;;;/h1-4,6H;1H3;;;/q2*-1;;;. The first-order chi connectivity index (χ1) is 3.43. The summed E-state index contributed by atoms with van der Waals surface area (Å²) in [5, 5.41) is 0. The fraction of sp³-hybridized carbons (Fsp3) is 0.143. The van der Waals surface area contributed by atoms with E-state index in [0.29, 0.717) is 0 Å². The summed E-state index contributed by atoms with van der Waals surface area (Å²) in [6.07, 6.45) is 9.12. The molecule has 1 aliphatic rings. The third kappa shape index (κ3) is 3.27. The molecule has 1 rings (SSSR count). The van der Waals surface area contributed by atoms with Crippen molar-refractivity contribution in [2.45, 2.75) is 0 Å². The van der Waals surface area contributed by atoms with Crippen LogP contribution in [-0.2, 0) is 21.6 Å². The number of hydrogen-bond acceptors (Lipinski definition) is 1. The molecule has 0 atom stereocenters. The Bertz CT molecular complexity index is 115. The average molecular weight is 169 g/mol. The molecule has 0 saturated heterocycles. The molecule has 0 unspecified atom stereocenters. The van der Waals surface area contributed by atoms with E-state index in [2.05, 4.69) is 0 Å². The van der Waals surface area contributed by atoms with Crippen LogP contribution in [0, 0.1) is 13.3 Å². The van der Waals surface area contributed by atoms with Gasteiger partial charge in [0.25, 0.3) is 0 Å². The number of rotatable bonds is 1. The Balaban J connectivity index is 0. The van der Waals surface area contributed by atoms with Gasteiger partial charge in [0, 0.05) is 0 Å². The summed E-state index contributed by atoms with van der Waals surface area (Å²) in [4.78, 5) is 9.78. The average Bonchev–Trinajstić information content (AvgIpc) is 2.14. The van der Waals surface area contributed by atoms with Gasteiger partial charge in [-0.3, -0.25) is 6.29 Å². The molecular formula is C7H10CoO-2. The normalized spacial score (nSPS) is 14.2. The fourth-order valence-electron chi connectivity index (χ4n) is 0.510. The van der Waals surface area contributed by atoms with Crippen molar-refractivity contribution in [3.8, 4) is 0 Å². The van der Waals surface area contributed by atoms with Crippen LogP contribution in [0.1, 0.15) is 0 Å². The topological polar surface area (TPSA) is 17.1 Å². The Hall–Kier alpha value is -0.344. The minimum atomic E-state index is -0.0694. The van der Waals surface area contributed by atoms with Crippen LogP contribution in [0.2, 0.25) is 0 Å². The van der Waals surface area contributed by atoms with E-state index in [1.807, 2.05) is 18.4 Å². The quantitative estimate of drug-likeness (QED) is 0.529. The minimum absolute atomic E-state index is 0. The van der Waals surface area contributed by atoms with Crippen molar-refractivity contribution in [1.29, 1.82) is 0 Å². The van der Waals surface area contributed by atoms with E-state index in [4.69, 9.17) is 0 Å². The van der Waals surface area contributed by atoms with Crippen molar-refractivity contribution >= 4 is 6.29 Å². The zero-order valence-electron chi connectivity index (χ0n) is 5.17. The van der Waals surface area contributed by atoms with Crippen molar-refractivity contribution in [2.75, 3.05) is 0 Å². The van der Waals surface area contributed by atoms with Crippen LogP contribution in [-0.4, -0.2) is 6.29 Å². The van der Waals surface area contributed by atoms with E-state index in [9.17, 15) is 4.79 Å². The first kappa shape index (κ1) is 11.5. The number of allylic oxidation sites excluding steroid dienone is 4. The molecular weight excluding hydrogens is 159 g/mol. The van der Waals surface area contributed by atoms with Crippen LogP contribution in [0.25, 0.3) is 0 Å². The van der Waals surface area contributed by atoms with Gasteiger partial charge in [0.1, 0.15) is 0 Å². The Kier molecular flexibility index (Phi) is 7.36. The summed E-state index contributed by atoms with van der Waals surface area (Å²) in [6.45, 7) is 0. The molecule has 0 bridgehead atoms. The molecule has 1 aliphatic carbocycles. The summed E-state index contributed by atoms with van der Waals surface area (Å²) in [5.74, 6) is -0.0694. The van der Waals surface area contributed by atoms with Crippen LogP contribution in [0.15, 0.2) is 24.3 Å². The van der Waals surface area contributed by atoms with Crippen molar-refractivity contribution in [3.63, 3.8) is 0 Å². The SMILES string of the molecule is O=[C-]C1C=CC=C1.[CH3-].[CoH2]. The Labute approximate surface area is 66.0 Å². The van der Waals surface area contributed by atoms with Gasteiger partial charge in [0.05, 0.1) is 0 Å². The molecule has 0 saturated carbocycles. The van der Waals surface area contributed by atoms with E-state index >= 15 is 0 Å². The predicted molar refractivity (Wildman–Crippen MR) is 36.7 cm³/mol. The molecule has 0 aromatic rings. The molecule has 1 radical (unpaired) electrons. The first-order valence-corrected chi connectivity index (χ1v) is 2.16. The molecule has 0 amide bonds. The number of carbonyl (C=O) groups excluding carboxylic acids is 1. The molecule has 0 N–H and O–H groups in total. The fourth-order valence-corrected chi connectivity index (χ4v) is 0.510. The third-order valence-electron chi connectivity index (χ3n) is 0.884. The van der Waals surface area contributed by atoms with Crippen LogP contribution < -0.4 is 0 Å². The maximum absolute atomic E-state index is 9.78. The van der Waals surface area contributed by atoms with Crippen LogP contribution in [0.3, 0.4) is 0 Å². The molecule has 2 heteroatoms.